The molecule has 1 fully saturated rings. The number of aliphatic hydroxyl groups excluding tert-OH is 1. The normalized spacial score (nSPS) is 16.2. The van der Waals surface area contributed by atoms with E-state index in [-0.39, 0.29) is 24.1 Å². The number of halogens is 2. The highest BCUT2D eigenvalue weighted by molar-refractivity contribution is 6.30. The van der Waals surface area contributed by atoms with Crippen LogP contribution in [0, 0.1) is 0 Å². The number of pyridine rings is 1. The second kappa shape index (κ2) is 9.51. The van der Waals surface area contributed by atoms with Crippen LogP contribution < -0.4 is 5.56 Å². The Kier molecular flexibility index (Phi) is 6.42. The fourth-order valence-electron chi connectivity index (χ4n) is 4.65. The lowest BCUT2D eigenvalue weighted by Gasteiger charge is -2.15. The third kappa shape index (κ3) is 4.48. The lowest BCUT2D eigenvalue weighted by molar-refractivity contribution is 0.175. The summed E-state index contributed by atoms with van der Waals surface area (Å²) < 4.78 is 9.53. The zero-order chi connectivity index (χ0) is 23.2. The van der Waals surface area contributed by atoms with Gasteiger partial charge in [0.05, 0.1) is 29.7 Å². The summed E-state index contributed by atoms with van der Waals surface area (Å²) in [6.07, 6.45) is 4.19. The maximum absolute atomic E-state index is 13.3. The average molecular weight is 511 g/mol. The van der Waals surface area contributed by atoms with Crippen molar-refractivity contribution < 1.29 is 9.52 Å². The number of rotatable bonds is 5. The average Bonchev–Trinajstić information content (AvgIpc) is 3.56. The zero-order valence-corrected chi connectivity index (χ0v) is 20.4. The van der Waals surface area contributed by atoms with Gasteiger partial charge in [0.25, 0.3) is 5.56 Å². The lowest BCUT2D eigenvalue weighted by Crippen LogP contribution is -2.26. The predicted octanol–water partition coefficient (Wildman–Crippen LogP) is 4.74. The summed E-state index contributed by atoms with van der Waals surface area (Å²) >= 11 is 5.99. The first kappa shape index (κ1) is 23.6. The standard InChI is InChI=1S/C26H23ClN4O3.ClH/c27-19-3-1-17(2-4-19)25-14-22-24(34-25)8-10-30(26(22)33)20-5-6-23-18(13-20)15-28-31(23)12-11-29-9-7-21(32)16-29;/h1-6,8,10,13-15,21,32H,7,9,11-12,16H2;1H/t21-;/m0./s1. The molecular weight excluding hydrogens is 487 g/mol. The molecule has 2 aromatic carbocycles. The van der Waals surface area contributed by atoms with Crippen molar-refractivity contribution >= 4 is 45.9 Å². The minimum atomic E-state index is -0.218. The molecular formula is C26H24Cl2N4O3. The van der Waals surface area contributed by atoms with E-state index in [9.17, 15) is 9.90 Å². The van der Waals surface area contributed by atoms with Gasteiger partial charge in [-0.05, 0) is 61.0 Å². The molecule has 9 heteroatoms. The molecule has 6 rings (SSSR count). The highest BCUT2D eigenvalue weighted by Crippen LogP contribution is 2.28. The van der Waals surface area contributed by atoms with E-state index in [1.54, 1.807) is 29.0 Å². The number of likely N-dealkylation sites (tertiary alicyclic amines) is 1. The summed E-state index contributed by atoms with van der Waals surface area (Å²) in [7, 11) is 0. The molecule has 4 heterocycles. The number of benzene rings is 2. The van der Waals surface area contributed by atoms with E-state index in [1.165, 1.54) is 0 Å². The van der Waals surface area contributed by atoms with E-state index < -0.39 is 0 Å². The quantitative estimate of drug-likeness (QED) is 0.369. The lowest BCUT2D eigenvalue weighted by atomic mass is 10.1. The summed E-state index contributed by atoms with van der Waals surface area (Å²) in [6.45, 7) is 3.25. The third-order valence-corrected chi connectivity index (χ3v) is 6.74. The molecule has 0 unspecified atom stereocenters. The molecule has 35 heavy (non-hydrogen) atoms. The first-order valence-corrected chi connectivity index (χ1v) is 11.7. The van der Waals surface area contributed by atoms with E-state index in [0.29, 0.717) is 21.8 Å². The molecule has 1 N–H and O–H groups in total. The number of β-amino-alcohol motifs (C(OH)–C–C–N with tert-alkyl or cyclic N) is 1. The van der Waals surface area contributed by atoms with Crippen molar-refractivity contribution in [3.63, 3.8) is 0 Å². The van der Waals surface area contributed by atoms with Gasteiger partial charge < -0.3 is 9.52 Å². The monoisotopic (exact) mass is 510 g/mol. The molecule has 1 aliphatic rings. The minimum absolute atomic E-state index is 0. The third-order valence-electron chi connectivity index (χ3n) is 6.49. The van der Waals surface area contributed by atoms with E-state index in [2.05, 4.69) is 10.00 Å². The van der Waals surface area contributed by atoms with Crippen molar-refractivity contribution in [1.29, 1.82) is 0 Å². The van der Waals surface area contributed by atoms with Gasteiger partial charge in [-0.15, -0.1) is 12.4 Å². The molecule has 1 aliphatic heterocycles. The van der Waals surface area contributed by atoms with E-state index in [0.717, 1.165) is 54.8 Å². The first-order chi connectivity index (χ1) is 16.5. The number of fused-ring (bicyclic) bond motifs is 2. The Labute approximate surface area is 212 Å². The maximum atomic E-state index is 13.3. The molecule has 0 amide bonds. The Morgan fingerprint density at radius 3 is 2.69 bits per heavy atom. The number of nitrogens with zero attached hydrogens (tertiary/aromatic N) is 4. The molecule has 0 bridgehead atoms. The number of aliphatic hydroxyl groups is 1. The molecule has 1 atom stereocenters. The highest BCUT2D eigenvalue weighted by Gasteiger charge is 2.20. The Bertz CT molecular complexity index is 1550. The molecule has 0 aliphatic carbocycles. The first-order valence-electron chi connectivity index (χ1n) is 11.3. The Morgan fingerprint density at radius 1 is 1.09 bits per heavy atom. The van der Waals surface area contributed by atoms with Crippen LogP contribution >= 0.6 is 24.0 Å². The van der Waals surface area contributed by atoms with Crippen LogP contribution in [0.4, 0.5) is 0 Å². The van der Waals surface area contributed by atoms with Crippen molar-refractivity contribution in [2.45, 2.75) is 19.1 Å². The molecule has 1 saturated heterocycles. The Balaban J connectivity index is 0.00000253. The topological polar surface area (TPSA) is 76.4 Å². The van der Waals surface area contributed by atoms with Crippen LogP contribution in [-0.4, -0.2) is 50.1 Å². The van der Waals surface area contributed by atoms with Crippen LogP contribution in [0.25, 0.3) is 38.9 Å². The van der Waals surface area contributed by atoms with Crippen LogP contribution in [-0.2, 0) is 6.54 Å². The molecule has 0 radical (unpaired) electrons. The molecule has 5 aromatic rings. The van der Waals surface area contributed by atoms with Gasteiger partial charge in [0.15, 0.2) is 0 Å². The van der Waals surface area contributed by atoms with Crippen LogP contribution in [0.3, 0.4) is 0 Å². The second-order valence-electron chi connectivity index (χ2n) is 8.74. The highest BCUT2D eigenvalue weighted by atomic mass is 35.5. The number of hydrogen-bond donors (Lipinski definition) is 1. The van der Waals surface area contributed by atoms with Gasteiger partial charge in [0.2, 0.25) is 0 Å². The fraction of sp³-hybridized carbons (Fsp3) is 0.231. The number of aromatic nitrogens is 3. The van der Waals surface area contributed by atoms with Gasteiger partial charge >= 0.3 is 0 Å². The van der Waals surface area contributed by atoms with Gasteiger partial charge in [0, 0.05) is 47.5 Å². The van der Waals surface area contributed by atoms with Crippen LogP contribution in [0.2, 0.25) is 5.02 Å². The number of hydrogen-bond acceptors (Lipinski definition) is 5. The fourth-order valence-corrected chi connectivity index (χ4v) is 4.78. The summed E-state index contributed by atoms with van der Waals surface area (Å²) in [5.74, 6) is 0.628. The molecule has 180 valence electrons. The second-order valence-corrected chi connectivity index (χ2v) is 9.18. The van der Waals surface area contributed by atoms with Gasteiger partial charge in [-0.2, -0.15) is 5.10 Å². The van der Waals surface area contributed by atoms with Crippen molar-refractivity contribution in [3.05, 3.63) is 82.4 Å². The van der Waals surface area contributed by atoms with Crippen molar-refractivity contribution in [2.24, 2.45) is 0 Å². The minimum Gasteiger partial charge on any atom is -0.456 e. The summed E-state index contributed by atoms with van der Waals surface area (Å²) in [4.78, 5) is 15.5. The summed E-state index contributed by atoms with van der Waals surface area (Å²) in [5, 5.41) is 16.4. The summed E-state index contributed by atoms with van der Waals surface area (Å²) in [6, 6.07) is 16.9. The van der Waals surface area contributed by atoms with Crippen molar-refractivity contribution in [3.8, 4) is 17.0 Å². The van der Waals surface area contributed by atoms with Gasteiger partial charge in [-0.3, -0.25) is 18.9 Å². The van der Waals surface area contributed by atoms with Crippen LogP contribution in [0.5, 0.6) is 0 Å². The largest absolute Gasteiger partial charge is 0.456 e. The molecule has 0 spiro atoms. The van der Waals surface area contributed by atoms with Crippen LogP contribution in [0.15, 0.2) is 76.2 Å². The van der Waals surface area contributed by atoms with Crippen molar-refractivity contribution in [2.75, 3.05) is 19.6 Å². The van der Waals surface area contributed by atoms with E-state index >= 15 is 0 Å². The SMILES string of the molecule is Cl.O=c1c2cc(-c3ccc(Cl)cc3)oc2ccn1-c1ccc2c(cnn2CCN2CC[C@H](O)C2)c1. The van der Waals surface area contributed by atoms with Crippen molar-refractivity contribution in [1.82, 2.24) is 19.2 Å². The predicted molar refractivity (Wildman–Crippen MR) is 140 cm³/mol. The summed E-state index contributed by atoms with van der Waals surface area (Å²) in [5.41, 5.74) is 3.07. The Hall–Kier alpha value is -3.10. The molecule has 3 aromatic heterocycles. The van der Waals surface area contributed by atoms with E-state index in [4.69, 9.17) is 16.0 Å². The maximum Gasteiger partial charge on any atom is 0.266 e. The smallest absolute Gasteiger partial charge is 0.266 e. The van der Waals surface area contributed by atoms with Crippen LogP contribution in [0.1, 0.15) is 6.42 Å². The van der Waals surface area contributed by atoms with Gasteiger partial charge in [0.1, 0.15) is 11.3 Å². The molecule has 7 nitrogen and oxygen atoms in total. The Morgan fingerprint density at radius 2 is 1.91 bits per heavy atom. The van der Waals surface area contributed by atoms with Gasteiger partial charge in [-0.1, -0.05) is 11.6 Å². The zero-order valence-electron chi connectivity index (χ0n) is 18.8. The van der Waals surface area contributed by atoms with E-state index in [1.807, 2.05) is 47.3 Å². The van der Waals surface area contributed by atoms with Gasteiger partial charge in [-0.25, -0.2) is 0 Å². The number of furan rings is 1. The molecule has 0 saturated carbocycles.